The van der Waals surface area contributed by atoms with E-state index in [1.54, 1.807) is 0 Å². The van der Waals surface area contributed by atoms with Gasteiger partial charge in [-0.1, -0.05) is 30.3 Å². The summed E-state index contributed by atoms with van der Waals surface area (Å²) >= 11 is 0. The molecular formula is C21H26N2O. The Kier molecular flexibility index (Phi) is 4.44. The van der Waals surface area contributed by atoms with Crippen molar-refractivity contribution in [2.45, 2.75) is 26.3 Å². The Bertz CT molecular complexity index is 713. The molecule has 0 bridgehead atoms. The predicted octanol–water partition coefficient (Wildman–Crippen LogP) is 3.55. The van der Waals surface area contributed by atoms with Crippen LogP contribution in [0.15, 0.2) is 42.5 Å². The second-order valence-electron chi connectivity index (χ2n) is 7.06. The Labute approximate surface area is 144 Å². The van der Waals surface area contributed by atoms with E-state index in [9.17, 15) is 0 Å². The van der Waals surface area contributed by atoms with Crippen molar-refractivity contribution in [1.82, 2.24) is 5.32 Å². The molecule has 0 aliphatic carbocycles. The lowest BCUT2D eigenvalue weighted by Gasteiger charge is -2.21. The second kappa shape index (κ2) is 6.86. The first-order valence-electron chi connectivity index (χ1n) is 9.05. The lowest BCUT2D eigenvalue weighted by Crippen LogP contribution is -2.26. The molecule has 0 amide bonds. The molecule has 2 aliphatic heterocycles. The summed E-state index contributed by atoms with van der Waals surface area (Å²) in [7, 11) is 0. The Morgan fingerprint density at radius 1 is 1.21 bits per heavy atom. The highest BCUT2D eigenvalue weighted by Crippen LogP contribution is 2.27. The summed E-state index contributed by atoms with van der Waals surface area (Å²) in [5.74, 6) is 1.81. The van der Waals surface area contributed by atoms with Gasteiger partial charge in [-0.05, 0) is 48.1 Å². The Morgan fingerprint density at radius 2 is 2.12 bits per heavy atom. The summed E-state index contributed by atoms with van der Waals surface area (Å²) in [6, 6.07) is 15.3. The molecular weight excluding hydrogens is 296 g/mol. The molecule has 126 valence electrons. The lowest BCUT2D eigenvalue weighted by atomic mass is 10.1. The van der Waals surface area contributed by atoms with Crippen molar-refractivity contribution in [2.75, 3.05) is 31.1 Å². The Morgan fingerprint density at radius 3 is 3.04 bits per heavy atom. The monoisotopic (exact) mass is 322 g/mol. The van der Waals surface area contributed by atoms with Crippen LogP contribution in [0.1, 0.15) is 23.1 Å². The van der Waals surface area contributed by atoms with Gasteiger partial charge in [-0.2, -0.15) is 0 Å². The van der Waals surface area contributed by atoms with Crippen molar-refractivity contribution in [2.24, 2.45) is 5.92 Å². The third-order valence-electron chi connectivity index (χ3n) is 5.26. The molecule has 1 atom stereocenters. The number of aryl methyl sites for hydroxylation is 1. The number of anilines is 1. The smallest absolute Gasteiger partial charge is 0.122 e. The first-order valence-corrected chi connectivity index (χ1v) is 9.05. The van der Waals surface area contributed by atoms with Gasteiger partial charge in [0.25, 0.3) is 0 Å². The van der Waals surface area contributed by atoms with Crippen LogP contribution in [-0.2, 0) is 13.0 Å². The average molecular weight is 322 g/mol. The maximum atomic E-state index is 5.58. The van der Waals surface area contributed by atoms with Crippen LogP contribution in [0, 0.1) is 12.8 Å². The Balaban J connectivity index is 1.28. The molecule has 1 N–H and O–H groups in total. The second-order valence-corrected chi connectivity index (χ2v) is 7.06. The number of ether oxygens (including phenoxy) is 1. The van der Waals surface area contributed by atoms with E-state index >= 15 is 0 Å². The predicted molar refractivity (Wildman–Crippen MR) is 98.8 cm³/mol. The molecule has 1 fully saturated rings. The van der Waals surface area contributed by atoms with Crippen LogP contribution in [0.25, 0.3) is 0 Å². The molecule has 2 aromatic carbocycles. The van der Waals surface area contributed by atoms with E-state index in [-0.39, 0.29) is 0 Å². The molecule has 24 heavy (non-hydrogen) atoms. The molecule has 4 rings (SSSR count). The van der Waals surface area contributed by atoms with Crippen molar-refractivity contribution in [3.8, 4) is 5.75 Å². The van der Waals surface area contributed by atoms with Gasteiger partial charge < -0.3 is 15.0 Å². The van der Waals surface area contributed by atoms with Crippen LogP contribution in [0.5, 0.6) is 5.75 Å². The molecule has 1 saturated heterocycles. The summed E-state index contributed by atoms with van der Waals surface area (Å²) in [5.41, 5.74) is 5.51. The summed E-state index contributed by atoms with van der Waals surface area (Å²) in [4.78, 5) is 2.54. The van der Waals surface area contributed by atoms with Crippen LogP contribution >= 0.6 is 0 Å². The van der Waals surface area contributed by atoms with Gasteiger partial charge in [0.15, 0.2) is 0 Å². The van der Waals surface area contributed by atoms with Crippen molar-refractivity contribution < 1.29 is 4.74 Å². The maximum absolute atomic E-state index is 5.58. The molecule has 3 nitrogen and oxygen atoms in total. The van der Waals surface area contributed by atoms with Gasteiger partial charge in [0.1, 0.15) is 5.75 Å². The number of nitrogens with zero attached hydrogens (tertiary/aromatic N) is 1. The highest BCUT2D eigenvalue weighted by atomic mass is 16.5. The number of para-hydroxylation sites is 1. The fourth-order valence-electron chi connectivity index (χ4n) is 3.91. The minimum absolute atomic E-state index is 0.738. The van der Waals surface area contributed by atoms with Crippen LogP contribution in [0.2, 0.25) is 0 Å². The third kappa shape index (κ3) is 3.27. The maximum Gasteiger partial charge on any atom is 0.122 e. The van der Waals surface area contributed by atoms with Crippen molar-refractivity contribution in [3.63, 3.8) is 0 Å². The van der Waals surface area contributed by atoms with E-state index in [0.717, 1.165) is 44.3 Å². The fraction of sp³-hybridized carbons (Fsp3) is 0.429. The summed E-state index contributed by atoms with van der Waals surface area (Å²) in [6.45, 7) is 7.43. The zero-order valence-electron chi connectivity index (χ0n) is 14.4. The number of hydrogen-bond acceptors (Lipinski definition) is 3. The molecule has 0 radical (unpaired) electrons. The normalized spacial score (nSPS) is 19.4. The molecule has 2 heterocycles. The first-order chi connectivity index (χ1) is 11.8. The van der Waals surface area contributed by atoms with Gasteiger partial charge in [-0.25, -0.2) is 0 Å². The zero-order chi connectivity index (χ0) is 16.4. The van der Waals surface area contributed by atoms with Crippen molar-refractivity contribution in [3.05, 3.63) is 59.2 Å². The van der Waals surface area contributed by atoms with Crippen LogP contribution in [0.3, 0.4) is 0 Å². The molecule has 0 spiro atoms. The topological polar surface area (TPSA) is 24.5 Å². The molecule has 3 heteroatoms. The quantitative estimate of drug-likeness (QED) is 0.911. The van der Waals surface area contributed by atoms with Crippen molar-refractivity contribution >= 4 is 5.69 Å². The van der Waals surface area contributed by atoms with Gasteiger partial charge in [-0.3, -0.25) is 0 Å². The highest BCUT2D eigenvalue weighted by molar-refractivity contribution is 5.53. The zero-order valence-corrected chi connectivity index (χ0v) is 14.4. The minimum atomic E-state index is 0.738. The summed E-state index contributed by atoms with van der Waals surface area (Å²) in [6.07, 6.45) is 2.33. The third-order valence-corrected chi connectivity index (χ3v) is 5.26. The number of rotatable bonds is 5. The van der Waals surface area contributed by atoms with Crippen molar-refractivity contribution in [1.29, 1.82) is 0 Å². The van der Waals surface area contributed by atoms with E-state index < -0.39 is 0 Å². The highest BCUT2D eigenvalue weighted by Gasteiger charge is 2.23. The fourth-order valence-corrected chi connectivity index (χ4v) is 3.91. The Hall–Kier alpha value is -2.00. The molecule has 1 unspecified atom stereocenters. The van der Waals surface area contributed by atoms with Crippen LogP contribution in [-0.4, -0.2) is 26.2 Å². The SMILES string of the molecule is Cc1ccccc1N1CCC(CNCc2ccc3c(c2)CCO3)C1. The van der Waals surface area contributed by atoms with Gasteiger partial charge >= 0.3 is 0 Å². The molecule has 2 aromatic rings. The van der Waals surface area contributed by atoms with Gasteiger partial charge in [0, 0.05) is 38.3 Å². The minimum Gasteiger partial charge on any atom is -0.493 e. The lowest BCUT2D eigenvalue weighted by molar-refractivity contribution is 0.357. The molecule has 0 aromatic heterocycles. The van der Waals surface area contributed by atoms with Crippen LogP contribution in [0.4, 0.5) is 5.69 Å². The van der Waals surface area contributed by atoms with E-state index in [2.05, 4.69) is 59.6 Å². The van der Waals surface area contributed by atoms with Gasteiger partial charge in [0.2, 0.25) is 0 Å². The molecule has 2 aliphatic rings. The number of hydrogen-bond donors (Lipinski definition) is 1. The van der Waals surface area contributed by atoms with Crippen LogP contribution < -0.4 is 15.0 Å². The number of benzene rings is 2. The van der Waals surface area contributed by atoms with E-state index in [0.29, 0.717) is 0 Å². The number of nitrogens with one attached hydrogen (secondary N) is 1. The van der Waals surface area contributed by atoms with E-state index in [1.807, 2.05) is 0 Å². The average Bonchev–Trinajstić information content (AvgIpc) is 3.24. The first kappa shape index (κ1) is 15.5. The largest absolute Gasteiger partial charge is 0.493 e. The summed E-state index contributed by atoms with van der Waals surface area (Å²) < 4.78 is 5.58. The van der Waals surface area contributed by atoms with Gasteiger partial charge in [0.05, 0.1) is 6.61 Å². The molecule has 0 saturated carbocycles. The standard InChI is InChI=1S/C21H26N2O/c1-16-4-2-3-5-20(16)23-10-8-18(15-23)14-22-13-17-6-7-21-19(12-17)9-11-24-21/h2-7,12,18,22H,8-11,13-15H2,1H3. The van der Waals surface area contributed by atoms with E-state index in [4.69, 9.17) is 4.74 Å². The van der Waals surface area contributed by atoms with Gasteiger partial charge in [-0.15, -0.1) is 0 Å². The number of fused-ring (bicyclic) bond motifs is 1. The summed E-state index contributed by atoms with van der Waals surface area (Å²) in [5, 5.41) is 3.65. The van der Waals surface area contributed by atoms with E-state index in [1.165, 1.54) is 35.3 Å².